The van der Waals surface area contributed by atoms with E-state index >= 15 is 0 Å². The Morgan fingerprint density at radius 1 is 1.59 bits per heavy atom. The van der Waals surface area contributed by atoms with Crippen LogP contribution in [0.2, 0.25) is 0 Å². The van der Waals surface area contributed by atoms with Crippen molar-refractivity contribution < 1.29 is 9.90 Å². The van der Waals surface area contributed by atoms with Crippen molar-refractivity contribution in [1.82, 2.24) is 9.88 Å². The number of likely N-dealkylation sites (N-methyl/N-ethyl adjacent to an activating group) is 1. The number of hydrogen-bond donors (Lipinski definition) is 2. The Morgan fingerprint density at radius 2 is 2.30 bits per heavy atom. The van der Waals surface area contributed by atoms with Gasteiger partial charge in [-0.2, -0.15) is 0 Å². The van der Waals surface area contributed by atoms with E-state index < -0.39 is 6.10 Å². The normalized spacial score (nSPS) is 33.6. The van der Waals surface area contributed by atoms with Crippen molar-refractivity contribution >= 4 is 22.4 Å². The predicted octanol–water partition coefficient (Wildman–Crippen LogP) is 3.52. The number of carbonyl (C=O) groups excluding carboxylic acids is 1. The Labute approximate surface area is 166 Å². The number of aromatic nitrogens is 1. The first-order valence-electron chi connectivity index (χ1n) is 9.94. The van der Waals surface area contributed by atoms with Crippen molar-refractivity contribution in [2.75, 3.05) is 26.0 Å². The number of anilines is 1. The number of nitrogens with one attached hydrogen (secondary N) is 1. The van der Waals surface area contributed by atoms with Crippen LogP contribution in [-0.2, 0) is 11.2 Å². The third-order valence-electron chi connectivity index (χ3n) is 6.95. The predicted molar refractivity (Wildman–Crippen MR) is 111 cm³/mol. The van der Waals surface area contributed by atoms with Crippen LogP contribution in [0.15, 0.2) is 12.7 Å². The number of thiazole rings is 1. The summed E-state index contributed by atoms with van der Waals surface area (Å²) in [5, 5.41) is 15.5. The van der Waals surface area contributed by atoms with Crippen LogP contribution >= 0.6 is 11.3 Å². The Bertz CT molecular complexity index is 718. The maximum absolute atomic E-state index is 12.8. The molecule has 2 aliphatic rings. The highest BCUT2D eigenvalue weighted by Crippen LogP contribution is 2.57. The molecule has 5 nitrogen and oxygen atoms in total. The minimum absolute atomic E-state index is 0.00533. The van der Waals surface area contributed by atoms with Crippen molar-refractivity contribution in [2.45, 2.75) is 52.1 Å². The number of amides is 1. The summed E-state index contributed by atoms with van der Waals surface area (Å²) in [6.45, 7) is 10.7. The highest BCUT2D eigenvalue weighted by Gasteiger charge is 2.54. The van der Waals surface area contributed by atoms with Gasteiger partial charge in [0.15, 0.2) is 5.13 Å². The molecule has 0 spiro atoms. The molecule has 6 heteroatoms. The molecule has 0 aliphatic heterocycles. The zero-order valence-corrected chi connectivity index (χ0v) is 18.0. The van der Waals surface area contributed by atoms with Crippen molar-refractivity contribution in [2.24, 2.45) is 23.2 Å². The van der Waals surface area contributed by atoms with Gasteiger partial charge in [0, 0.05) is 37.4 Å². The molecule has 1 fully saturated rings. The zero-order chi connectivity index (χ0) is 19.9. The number of aliphatic hydroxyl groups excluding tert-OH is 1. The average molecular weight is 392 g/mol. The van der Waals surface area contributed by atoms with E-state index in [1.54, 1.807) is 22.3 Å². The summed E-state index contributed by atoms with van der Waals surface area (Å²) in [4.78, 5) is 20.6. The van der Waals surface area contributed by atoms with Gasteiger partial charge >= 0.3 is 0 Å². The van der Waals surface area contributed by atoms with E-state index in [1.165, 1.54) is 4.88 Å². The molecule has 0 radical (unpaired) electrons. The second kappa shape index (κ2) is 7.55. The largest absolute Gasteiger partial charge is 0.392 e. The standard InChI is InChI=1S/C21H33N3O2S/c1-7-10-24(6)19(26)12(2)14-8-9-21(4)11-15-17(23-20(22-5)27-15)13(3)16(21)18(14)25/h7,12-14,16,18,25H,1,8-11H2,2-6H3,(H,22,23)/t12-,13+,14-,16+,18-,21+/m0/s1. The number of carbonyl (C=O) groups is 1. The minimum Gasteiger partial charge on any atom is -0.392 e. The van der Waals surface area contributed by atoms with Gasteiger partial charge in [0.1, 0.15) is 0 Å². The van der Waals surface area contributed by atoms with Crippen LogP contribution in [0, 0.1) is 23.2 Å². The first-order valence-corrected chi connectivity index (χ1v) is 10.8. The van der Waals surface area contributed by atoms with Gasteiger partial charge in [-0.15, -0.1) is 17.9 Å². The maximum atomic E-state index is 12.8. The molecule has 2 aliphatic carbocycles. The molecule has 1 heterocycles. The second-order valence-corrected chi connectivity index (χ2v) is 9.80. The van der Waals surface area contributed by atoms with Crippen LogP contribution in [0.1, 0.15) is 50.1 Å². The minimum atomic E-state index is -0.484. The second-order valence-electron chi connectivity index (χ2n) is 8.71. The summed E-state index contributed by atoms with van der Waals surface area (Å²) in [5.41, 5.74) is 1.20. The lowest BCUT2D eigenvalue weighted by Gasteiger charge is -2.53. The van der Waals surface area contributed by atoms with Crippen molar-refractivity contribution in [3.63, 3.8) is 0 Å². The van der Waals surface area contributed by atoms with Crippen molar-refractivity contribution in [1.29, 1.82) is 0 Å². The fourth-order valence-corrected chi connectivity index (χ4v) is 6.69. The van der Waals surface area contributed by atoms with Gasteiger partial charge in [-0.3, -0.25) is 4.79 Å². The smallest absolute Gasteiger partial charge is 0.225 e. The number of fused-ring (bicyclic) bond motifs is 2. The first-order chi connectivity index (χ1) is 12.7. The van der Waals surface area contributed by atoms with Crippen LogP contribution in [0.3, 0.4) is 0 Å². The van der Waals surface area contributed by atoms with Gasteiger partial charge in [0.25, 0.3) is 0 Å². The zero-order valence-electron chi connectivity index (χ0n) is 17.2. The van der Waals surface area contributed by atoms with Crippen molar-refractivity contribution in [3.8, 4) is 0 Å². The maximum Gasteiger partial charge on any atom is 0.225 e. The number of rotatable bonds is 5. The van der Waals surface area contributed by atoms with Gasteiger partial charge in [-0.25, -0.2) is 4.98 Å². The molecule has 0 unspecified atom stereocenters. The molecule has 0 saturated heterocycles. The van der Waals surface area contributed by atoms with Crippen LogP contribution in [0.4, 0.5) is 5.13 Å². The van der Waals surface area contributed by atoms with E-state index in [2.05, 4.69) is 25.7 Å². The van der Waals surface area contributed by atoms with Gasteiger partial charge in [-0.1, -0.05) is 26.8 Å². The topological polar surface area (TPSA) is 65.5 Å². The lowest BCUT2D eigenvalue weighted by atomic mass is 9.53. The van der Waals surface area contributed by atoms with Gasteiger partial charge in [0.2, 0.25) is 5.91 Å². The van der Waals surface area contributed by atoms with Crippen LogP contribution < -0.4 is 5.32 Å². The quantitative estimate of drug-likeness (QED) is 0.754. The fraction of sp³-hybridized carbons (Fsp3) is 0.714. The Balaban J connectivity index is 1.86. The summed E-state index contributed by atoms with van der Waals surface area (Å²) in [7, 11) is 3.71. The Morgan fingerprint density at radius 3 is 2.93 bits per heavy atom. The molecule has 3 rings (SSSR count). The van der Waals surface area contributed by atoms with E-state index in [4.69, 9.17) is 4.98 Å². The summed E-state index contributed by atoms with van der Waals surface area (Å²) in [6, 6.07) is 0. The number of aliphatic hydroxyl groups is 1. The highest BCUT2D eigenvalue weighted by atomic mass is 32.1. The molecule has 1 amide bonds. The molecule has 1 aromatic rings. The Kier molecular flexibility index (Phi) is 5.69. The van der Waals surface area contributed by atoms with E-state index in [-0.39, 0.29) is 35.0 Å². The summed E-state index contributed by atoms with van der Waals surface area (Å²) >= 11 is 1.74. The molecule has 2 N–H and O–H groups in total. The number of nitrogens with zero attached hydrogens (tertiary/aromatic N) is 2. The molecule has 0 aromatic carbocycles. The van der Waals surface area contributed by atoms with Crippen LogP contribution in [-0.4, -0.2) is 47.6 Å². The van der Waals surface area contributed by atoms with Crippen LogP contribution in [0.25, 0.3) is 0 Å². The summed E-state index contributed by atoms with van der Waals surface area (Å²) in [5.74, 6) is 0.233. The van der Waals surface area contributed by atoms with E-state index in [9.17, 15) is 9.90 Å². The van der Waals surface area contributed by atoms with Gasteiger partial charge in [-0.05, 0) is 36.5 Å². The lowest BCUT2D eigenvalue weighted by Crippen LogP contribution is -2.53. The molecule has 150 valence electrons. The number of hydrogen-bond acceptors (Lipinski definition) is 5. The van der Waals surface area contributed by atoms with Crippen molar-refractivity contribution in [3.05, 3.63) is 23.2 Å². The van der Waals surface area contributed by atoms with E-state index in [0.717, 1.165) is 30.1 Å². The van der Waals surface area contributed by atoms with Gasteiger partial charge < -0.3 is 15.3 Å². The first kappa shape index (κ1) is 20.3. The van der Waals surface area contributed by atoms with Gasteiger partial charge in [0.05, 0.1) is 11.8 Å². The Hall–Kier alpha value is -1.40. The molecule has 1 aromatic heterocycles. The lowest BCUT2D eigenvalue weighted by molar-refractivity contribution is -0.143. The molecular formula is C21H33N3O2S. The highest BCUT2D eigenvalue weighted by molar-refractivity contribution is 7.15. The molecule has 6 atom stereocenters. The molecule has 1 saturated carbocycles. The SMILES string of the molecule is C=CCN(C)C(=O)[C@@H](C)[C@@H]1CC[C@]2(C)Cc3sc(NC)nc3[C@H](C)[C@@H]2[C@H]1O. The van der Waals surface area contributed by atoms with E-state index in [0.29, 0.717) is 6.54 Å². The monoisotopic (exact) mass is 391 g/mol. The van der Waals surface area contributed by atoms with Crippen LogP contribution in [0.5, 0.6) is 0 Å². The third-order valence-corrected chi connectivity index (χ3v) is 8.04. The molecule has 27 heavy (non-hydrogen) atoms. The summed E-state index contributed by atoms with van der Waals surface area (Å²) in [6.07, 6.45) is 4.16. The molecular weight excluding hydrogens is 358 g/mol. The average Bonchev–Trinajstić information content (AvgIpc) is 3.03. The third kappa shape index (κ3) is 3.42. The van der Waals surface area contributed by atoms with E-state index in [1.807, 2.05) is 21.0 Å². The molecule has 0 bridgehead atoms. The fourth-order valence-electron chi connectivity index (χ4n) is 5.47. The summed E-state index contributed by atoms with van der Waals surface area (Å²) < 4.78 is 0.